The topological polar surface area (TPSA) is 47.8 Å². The van der Waals surface area contributed by atoms with Crippen molar-refractivity contribution < 1.29 is 9.47 Å². The van der Waals surface area contributed by atoms with Crippen LogP contribution in [0.4, 0.5) is 0 Å². The maximum Gasteiger partial charge on any atom is 0.137 e. The summed E-state index contributed by atoms with van der Waals surface area (Å²) in [5.74, 6) is 0. The van der Waals surface area contributed by atoms with E-state index in [1.165, 1.54) is 0 Å². The highest BCUT2D eigenvalue weighted by molar-refractivity contribution is 5.39. The zero-order valence-corrected chi connectivity index (χ0v) is 10.8. The van der Waals surface area contributed by atoms with Gasteiger partial charge in [-0.1, -0.05) is 6.07 Å². The molecule has 0 amide bonds. The molecule has 5 nitrogen and oxygen atoms in total. The van der Waals surface area contributed by atoms with Crippen LogP contribution < -0.4 is 5.32 Å². The minimum absolute atomic E-state index is 0.0760. The Labute approximate surface area is 107 Å². The van der Waals surface area contributed by atoms with Gasteiger partial charge in [0.1, 0.15) is 5.65 Å². The van der Waals surface area contributed by atoms with Gasteiger partial charge < -0.3 is 19.2 Å². The van der Waals surface area contributed by atoms with Crippen LogP contribution in [0.1, 0.15) is 5.69 Å². The van der Waals surface area contributed by atoms with Crippen LogP contribution in [0.5, 0.6) is 0 Å². The predicted octanol–water partition coefficient (Wildman–Crippen LogP) is 1.09. The number of ether oxygens (including phenoxy) is 2. The normalized spacial score (nSPS) is 13.0. The average molecular weight is 249 g/mol. The molecule has 2 aromatic heterocycles. The number of nitrogens with zero attached hydrogens (tertiary/aromatic N) is 2. The van der Waals surface area contributed by atoms with Crippen molar-refractivity contribution in [2.45, 2.75) is 12.6 Å². The first kappa shape index (κ1) is 13.0. The number of hydrogen-bond donors (Lipinski definition) is 1. The lowest BCUT2D eigenvalue weighted by molar-refractivity contribution is 0.0287. The maximum absolute atomic E-state index is 5.27. The average Bonchev–Trinajstić information content (AvgIpc) is 2.80. The van der Waals surface area contributed by atoms with E-state index >= 15 is 0 Å². The van der Waals surface area contributed by atoms with Crippen molar-refractivity contribution in [2.24, 2.45) is 0 Å². The minimum atomic E-state index is 0.0760. The fraction of sp³-hybridized carbons (Fsp3) is 0.462. The zero-order chi connectivity index (χ0) is 12.8. The highest BCUT2D eigenvalue weighted by atomic mass is 16.5. The number of methoxy groups -OCH3 is 2. The summed E-state index contributed by atoms with van der Waals surface area (Å²) < 4.78 is 12.3. The van der Waals surface area contributed by atoms with E-state index in [-0.39, 0.29) is 6.10 Å². The first-order valence-corrected chi connectivity index (χ1v) is 5.98. The predicted molar refractivity (Wildman–Crippen MR) is 69.6 cm³/mol. The van der Waals surface area contributed by atoms with E-state index in [2.05, 4.69) is 10.3 Å². The highest BCUT2D eigenvalue weighted by Gasteiger charge is 2.06. The Morgan fingerprint density at radius 2 is 2.28 bits per heavy atom. The Kier molecular flexibility index (Phi) is 4.69. The fourth-order valence-corrected chi connectivity index (χ4v) is 1.83. The minimum Gasteiger partial charge on any atom is -0.382 e. The quantitative estimate of drug-likeness (QED) is 0.798. The van der Waals surface area contributed by atoms with E-state index < -0.39 is 0 Å². The van der Waals surface area contributed by atoms with Crippen LogP contribution in [0.15, 0.2) is 30.6 Å². The molecular formula is C13H19N3O2. The third kappa shape index (κ3) is 3.29. The SMILES string of the molecule is COCC(CNCc1cn2ccccc2n1)OC. The molecule has 2 aromatic rings. The van der Waals surface area contributed by atoms with Gasteiger partial charge in [0, 0.05) is 39.7 Å². The molecule has 0 saturated carbocycles. The van der Waals surface area contributed by atoms with Crippen molar-refractivity contribution in [3.05, 3.63) is 36.3 Å². The molecule has 1 N–H and O–H groups in total. The summed E-state index contributed by atoms with van der Waals surface area (Å²) in [6.45, 7) is 2.07. The van der Waals surface area contributed by atoms with Crippen molar-refractivity contribution in [3.8, 4) is 0 Å². The zero-order valence-electron chi connectivity index (χ0n) is 10.8. The summed E-state index contributed by atoms with van der Waals surface area (Å²) in [6.07, 6.45) is 4.10. The van der Waals surface area contributed by atoms with E-state index in [0.717, 1.165) is 24.4 Å². The van der Waals surface area contributed by atoms with Crippen LogP contribution in [-0.2, 0) is 16.0 Å². The molecule has 0 aliphatic carbocycles. The summed E-state index contributed by atoms with van der Waals surface area (Å²) in [6, 6.07) is 5.97. The van der Waals surface area contributed by atoms with E-state index in [0.29, 0.717) is 6.61 Å². The van der Waals surface area contributed by atoms with Crippen molar-refractivity contribution in [1.82, 2.24) is 14.7 Å². The molecule has 2 rings (SSSR count). The molecule has 1 unspecified atom stereocenters. The third-order valence-corrected chi connectivity index (χ3v) is 2.78. The second-order valence-electron chi connectivity index (χ2n) is 4.14. The Balaban J connectivity index is 1.86. The molecule has 2 heterocycles. The fourth-order valence-electron chi connectivity index (χ4n) is 1.83. The van der Waals surface area contributed by atoms with Crippen LogP contribution in [0.3, 0.4) is 0 Å². The van der Waals surface area contributed by atoms with E-state index in [1.807, 2.05) is 35.0 Å². The smallest absolute Gasteiger partial charge is 0.137 e. The Bertz CT molecular complexity index is 451. The lowest BCUT2D eigenvalue weighted by Crippen LogP contribution is -2.31. The van der Waals surface area contributed by atoms with Gasteiger partial charge in [0.15, 0.2) is 0 Å². The molecule has 18 heavy (non-hydrogen) atoms. The van der Waals surface area contributed by atoms with E-state index in [9.17, 15) is 0 Å². The molecule has 0 radical (unpaired) electrons. The maximum atomic E-state index is 5.27. The van der Waals surface area contributed by atoms with Crippen molar-refractivity contribution >= 4 is 5.65 Å². The molecule has 0 aliphatic rings. The van der Waals surface area contributed by atoms with Gasteiger partial charge in [-0.3, -0.25) is 0 Å². The Morgan fingerprint density at radius 3 is 3.00 bits per heavy atom. The van der Waals surface area contributed by atoms with Crippen molar-refractivity contribution in [1.29, 1.82) is 0 Å². The summed E-state index contributed by atoms with van der Waals surface area (Å²) in [7, 11) is 3.37. The largest absolute Gasteiger partial charge is 0.382 e. The van der Waals surface area contributed by atoms with Crippen LogP contribution >= 0.6 is 0 Å². The molecule has 0 spiro atoms. The van der Waals surface area contributed by atoms with Crippen LogP contribution in [-0.4, -0.2) is 42.9 Å². The molecule has 0 fully saturated rings. The van der Waals surface area contributed by atoms with E-state index in [1.54, 1.807) is 14.2 Å². The monoisotopic (exact) mass is 249 g/mol. The van der Waals surface area contributed by atoms with E-state index in [4.69, 9.17) is 9.47 Å². The van der Waals surface area contributed by atoms with Gasteiger partial charge in [-0.05, 0) is 12.1 Å². The molecular weight excluding hydrogens is 230 g/mol. The number of hydrogen-bond acceptors (Lipinski definition) is 4. The number of imidazole rings is 1. The van der Waals surface area contributed by atoms with Gasteiger partial charge in [-0.15, -0.1) is 0 Å². The molecule has 0 aliphatic heterocycles. The first-order chi connectivity index (χ1) is 8.83. The van der Waals surface area contributed by atoms with Gasteiger partial charge >= 0.3 is 0 Å². The van der Waals surface area contributed by atoms with Gasteiger partial charge in [-0.25, -0.2) is 4.98 Å². The van der Waals surface area contributed by atoms with Crippen LogP contribution in [0.2, 0.25) is 0 Å². The summed E-state index contributed by atoms with van der Waals surface area (Å²) in [4.78, 5) is 4.51. The highest BCUT2D eigenvalue weighted by Crippen LogP contribution is 2.04. The van der Waals surface area contributed by atoms with Crippen molar-refractivity contribution in [3.63, 3.8) is 0 Å². The van der Waals surface area contributed by atoms with Gasteiger partial charge in [0.2, 0.25) is 0 Å². The number of pyridine rings is 1. The first-order valence-electron chi connectivity index (χ1n) is 5.98. The second kappa shape index (κ2) is 6.49. The van der Waals surface area contributed by atoms with Crippen LogP contribution in [0, 0.1) is 0 Å². The van der Waals surface area contributed by atoms with Crippen LogP contribution in [0.25, 0.3) is 5.65 Å². The van der Waals surface area contributed by atoms with Gasteiger partial charge in [-0.2, -0.15) is 0 Å². The van der Waals surface area contributed by atoms with Gasteiger partial charge in [0.25, 0.3) is 0 Å². The summed E-state index contributed by atoms with van der Waals surface area (Å²) in [5, 5.41) is 3.32. The number of nitrogens with one attached hydrogen (secondary N) is 1. The van der Waals surface area contributed by atoms with Crippen molar-refractivity contribution in [2.75, 3.05) is 27.4 Å². The molecule has 0 aromatic carbocycles. The lowest BCUT2D eigenvalue weighted by Gasteiger charge is -2.14. The lowest BCUT2D eigenvalue weighted by atomic mass is 10.3. The molecule has 0 bridgehead atoms. The Morgan fingerprint density at radius 1 is 1.39 bits per heavy atom. The summed E-state index contributed by atoms with van der Waals surface area (Å²) in [5.41, 5.74) is 1.99. The molecule has 1 atom stereocenters. The second-order valence-corrected chi connectivity index (χ2v) is 4.14. The standard InChI is InChI=1S/C13H19N3O2/c1-17-10-12(18-2)8-14-7-11-9-16-6-4-3-5-13(16)15-11/h3-6,9,12,14H,7-8,10H2,1-2H3. The third-order valence-electron chi connectivity index (χ3n) is 2.78. The number of fused-ring (bicyclic) bond motifs is 1. The summed E-state index contributed by atoms with van der Waals surface area (Å²) >= 11 is 0. The number of aromatic nitrogens is 2. The number of rotatable bonds is 7. The Hall–Kier alpha value is -1.43. The van der Waals surface area contributed by atoms with Gasteiger partial charge in [0.05, 0.1) is 18.4 Å². The molecule has 5 heteroatoms. The molecule has 0 saturated heterocycles. The molecule has 98 valence electrons.